The van der Waals surface area contributed by atoms with E-state index in [1.54, 1.807) is 0 Å². The minimum atomic E-state index is -0.231. The summed E-state index contributed by atoms with van der Waals surface area (Å²) >= 11 is 0. The first-order chi connectivity index (χ1) is 7.77. The van der Waals surface area contributed by atoms with Crippen molar-refractivity contribution in [3.8, 4) is 0 Å². The maximum Gasteiger partial charge on any atom is 0.273 e. The van der Waals surface area contributed by atoms with Crippen LogP contribution in [-0.2, 0) is 0 Å². The molecule has 1 unspecified atom stereocenters. The molecule has 0 saturated heterocycles. The monoisotopic (exact) mass is 216 g/mol. The zero-order chi connectivity index (χ0) is 11.4. The first-order valence-corrected chi connectivity index (χ1v) is 5.01. The number of amides is 1. The van der Waals surface area contributed by atoms with Crippen LogP contribution in [0.4, 0.5) is 0 Å². The summed E-state index contributed by atoms with van der Waals surface area (Å²) in [5, 5.41) is 2.84. The molecule has 1 aromatic heterocycles. The molecule has 2 rings (SSSR count). The van der Waals surface area contributed by atoms with Gasteiger partial charge < -0.3 is 9.73 Å². The Hall–Kier alpha value is -2.10. The highest BCUT2D eigenvalue weighted by molar-refractivity contribution is 5.92. The largest absolute Gasteiger partial charge is 0.451 e. The predicted molar refractivity (Wildman–Crippen MR) is 58.8 cm³/mol. The van der Waals surface area contributed by atoms with Crippen molar-refractivity contribution in [2.45, 2.75) is 13.0 Å². The van der Waals surface area contributed by atoms with Gasteiger partial charge in [0.05, 0.1) is 6.04 Å². The van der Waals surface area contributed by atoms with E-state index in [1.807, 2.05) is 37.3 Å². The minimum absolute atomic E-state index is 0.0506. The number of nitrogens with zero attached hydrogens (tertiary/aromatic N) is 1. The van der Waals surface area contributed by atoms with Crippen molar-refractivity contribution in [1.82, 2.24) is 10.3 Å². The summed E-state index contributed by atoms with van der Waals surface area (Å²) in [6.45, 7) is 1.92. The Morgan fingerprint density at radius 2 is 2.12 bits per heavy atom. The Balaban J connectivity index is 2.03. The maximum absolute atomic E-state index is 11.7. The van der Waals surface area contributed by atoms with Crippen molar-refractivity contribution < 1.29 is 9.21 Å². The predicted octanol–water partition coefficient (Wildman–Crippen LogP) is 2.17. The second-order valence-corrected chi connectivity index (χ2v) is 3.48. The lowest BCUT2D eigenvalue weighted by molar-refractivity contribution is 0.0935. The summed E-state index contributed by atoms with van der Waals surface area (Å²) in [4.78, 5) is 15.4. The fourth-order valence-corrected chi connectivity index (χ4v) is 1.42. The topological polar surface area (TPSA) is 55.1 Å². The third-order valence-corrected chi connectivity index (χ3v) is 2.31. The van der Waals surface area contributed by atoms with Gasteiger partial charge in [0.2, 0.25) is 0 Å². The molecule has 1 heterocycles. The van der Waals surface area contributed by atoms with Crippen LogP contribution >= 0.6 is 0 Å². The normalized spacial score (nSPS) is 12.1. The Morgan fingerprint density at radius 3 is 2.75 bits per heavy atom. The van der Waals surface area contributed by atoms with Crippen LogP contribution in [0.1, 0.15) is 29.0 Å². The van der Waals surface area contributed by atoms with Crippen molar-refractivity contribution in [2.24, 2.45) is 0 Å². The smallest absolute Gasteiger partial charge is 0.273 e. The lowest BCUT2D eigenvalue weighted by Crippen LogP contribution is -2.26. The van der Waals surface area contributed by atoms with Crippen LogP contribution in [-0.4, -0.2) is 10.9 Å². The number of oxazole rings is 1. The van der Waals surface area contributed by atoms with Gasteiger partial charge in [-0.15, -0.1) is 0 Å². The summed E-state index contributed by atoms with van der Waals surface area (Å²) in [5.74, 6) is -0.231. The Bertz CT molecular complexity index is 451. The second-order valence-electron chi connectivity index (χ2n) is 3.48. The molecule has 1 aromatic carbocycles. The molecule has 1 atom stereocenters. The molecular weight excluding hydrogens is 204 g/mol. The highest BCUT2D eigenvalue weighted by Crippen LogP contribution is 2.11. The van der Waals surface area contributed by atoms with Crippen LogP contribution in [0.5, 0.6) is 0 Å². The van der Waals surface area contributed by atoms with Gasteiger partial charge in [0.25, 0.3) is 5.91 Å². The van der Waals surface area contributed by atoms with Gasteiger partial charge in [0.1, 0.15) is 6.26 Å². The molecule has 0 saturated carbocycles. The third-order valence-electron chi connectivity index (χ3n) is 2.31. The van der Waals surface area contributed by atoms with E-state index in [4.69, 9.17) is 4.42 Å². The van der Waals surface area contributed by atoms with E-state index in [0.29, 0.717) is 5.69 Å². The lowest BCUT2D eigenvalue weighted by Gasteiger charge is -2.12. The van der Waals surface area contributed by atoms with Crippen LogP contribution in [0, 0.1) is 0 Å². The van der Waals surface area contributed by atoms with Crippen molar-refractivity contribution in [1.29, 1.82) is 0 Å². The summed E-state index contributed by atoms with van der Waals surface area (Å²) in [7, 11) is 0. The Morgan fingerprint density at radius 1 is 1.38 bits per heavy atom. The summed E-state index contributed by atoms with van der Waals surface area (Å²) in [6.07, 6.45) is 2.56. The number of hydrogen-bond acceptors (Lipinski definition) is 3. The Labute approximate surface area is 93.3 Å². The molecule has 0 spiro atoms. The van der Waals surface area contributed by atoms with Crippen LogP contribution in [0.15, 0.2) is 47.4 Å². The molecule has 0 radical (unpaired) electrons. The van der Waals surface area contributed by atoms with Crippen LogP contribution < -0.4 is 5.32 Å². The highest BCUT2D eigenvalue weighted by atomic mass is 16.3. The summed E-state index contributed by atoms with van der Waals surface area (Å²) in [6, 6.07) is 9.70. The molecule has 0 aliphatic heterocycles. The SMILES string of the molecule is CC(NC(=O)c1cocn1)c1ccccc1. The van der Waals surface area contributed by atoms with Crippen LogP contribution in [0.3, 0.4) is 0 Å². The number of carbonyl (C=O) groups excluding carboxylic acids is 1. The summed E-state index contributed by atoms with van der Waals surface area (Å²) in [5.41, 5.74) is 1.35. The van der Waals surface area contributed by atoms with Gasteiger partial charge in [-0.3, -0.25) is 4.79 Å². The van der Waals surface area contributed by atoms with Gasteiger partial charge in [-0.05, 0) is 12.5 Å². The molecule has 4 nitrogen and oxygen atoms in total. The van der Waals surface area contributed by atoms with Crippen molar-refractivity contribution >= 4 is 5.91 Å². The quantitative estimate of drug-likeness (QED) is 0.855. The van der Waals surface area contributed by atoms with E-state index in [-0.39, 0.29) is 11.9 Å². The molecule has 16 heavy (non-hydrogen) atoms. The fourth-order valence-electron chi connectivity index (χ4n) is 1.42. The molecule has 1 amide bonds. The number of carbonyl (C=O) groups is 1. The fraction of sp³-hybridized carbons (Fsp3) is 0.167. The molecule has 0 aliphatic rings. The first-order valence-electron chi connectivity index (χ1n) is 5.01. The number of rotatable bonds is 3. The highest BCUT2D eigenvalue weighted by Gasteiger charge is 2.12. The number of hydrogen-bond donors (Lipinski definition) is 1. The van der Waals surface area contributed by atoms with Crippen molar-refractivity contribution in [2.75, 3.05) is 0 Å². The molecule has 2 aromatic rings. The van der Waals surface area contributed by atoms with Gasteiger partial charge in [-0.25, -0.2) is 4.98 Å². The van der Waals surface area contributed by atoms with Crippen LogP contribution in [0.25, 0.3) is 0 Å². The lowest BCUT2D eigenvalue weighted by atomic mass is 10.1. The van der Waals surface area contributed by atoms with E-state index in [1.165, 1.54) is 12.7 Å². The van der Waals surface area contributed by atoms with Crippen molar-refractivity contribution in [3.63, 3.8) is 0 Å². The van der Waals surface area contributed by atoms with Gasteiger partial charge in [0.15, 0.2) is 12.1 Å². The van der Waals surface area contributed by atoms with Gasteiger partial charge in [-0.2, -0.15) is 0 Å². The molecule has 82 valence electrons. The molecule has 0 aliphatic carbocycles. The first kappa shape index (κ1) is 10.4. The van der Waals surface area contributed by atoms with E-state index in [0.717, 1.165) is 5.56 Å². The zero-order valence-corrected chi connectivity index (χ0v) is 8.88. The average Bonchev–Trinajstić information content (AvgIpc) is 2.83. The molecule has 0 bridgehead atoms. The molecule has 0 fully saturated rings. The van der Waals surface area contributed by atoms with Crippen LogP contribution in [0.2, 0.25) is 0 Å². The Kier molecular flexibility index (Phi) is 3.00. The molecule has 1 N–H and O–H groups in total. The van der Waals surface area contributed by atoms with E-state index in [9.17, 15) is 4.79 Å². The standard InChI is InChI=1S/C12H12N2O2/c1-9(10-5-3-2-4-6-10)14-12(15)11-7-16-8-13-11/h2-9H,1H3,(H,14,15). The second kappa shape index (κ2) is 4.61. The van der Waals surface area contributed by atoms with Crippen molar-refractivity contribution in [3.05, 3.63) is 54.2 Å². The molecule has 4 heteroatoms. The average molecular weight is 216 g/mol. The molecular formula is C12H12N2O2. The van der Waals surface area contributed by atoms with Gasteiger partial charge in [0, 0.05) is 0 Å². The van der Waals surface area contributed by atoms with E-state index >= 15 is 0 Å². The third kappa shape index (κ3) is 2.28. The van der Waals surface area contributed by atoms with E-state index < -0.39 is 0 Å². The minimum Gasteiger partial charge on any atom is -0.451 e. The van der Waals surface area contributed by atoms with Gasteiger partial charge in [-0.1, -0.05) is 30.3 Å². The van der Waals surface area contributed by atoms with Gasteiger partial charge >= 0.3 is 0 Å². The maximum atomic E-state index is 11.7. The zero-order valence-electron chi connectivity index (χ0n) is 8.88. The number of aromatic nitrogens is 1. The summed E-state index contributed by atoms with van der Waals surface area (Å²) < 4.78 is 4.75. The van der Waals surface area contributed by atoms with E-state index in [2.05, 4.69) is 10.3 Å². The number of nitrogens with one attached hydrogen (secondary N) is 1. The number of benzene rings is 1.